The number of rotatable bonds is 4. The molecule has 2 heterocycles. The number of ketones is 1. The van der Waals surface area contributed by atoms with Crippen molar-refractivity contribution in [3.05, 3.63) is 0 Å². The van der Waals surface area contributed by atoms with Gasteiger partial charge in [-0.1, -0.05) is 0 Å². The van der Waals surface area contributed by atoms with Crippen LogP contribution in [0.5, 0.6) is 0 Å². The van der Waals surface area contributed by atoms with Gasteiger partial charge in [-0.25, -0.2) is 0 Å². The zero-order valence-electron chi connectivity index (χ0n) is 12.4. The lowest BCUT2D eigenvalue weighted by Gasteiger charge is -2.49. The molecule has 5 heteroatoms. The lowest BCUT2D eigenvalue weighted by molar-refractivity contribution is -0.254. The molecular formula is C15H24O5. The molecule has 20 heavy (non-hydrogen) atoms. The first-order valence-corrected chi connectivity index (χ1v) is 7.27. The lowest BCUT2D eigenvalue weighted by Crippen LogP contribution is -2.57. The van der Waals surface area contributed by atoms with Crippen LogP contribution < -0.4 is 0 Å². The molecule has 0 aromatic rings. The van der Waals surface area contributed by atoms with E-state index >= 15 is 0 Å². The number of ether oxygens (including phenoxy) is 2. The molecule has 2 fully saturated rings. The molecule has 5 nitrogen and oxygen atoms in total. The van der Waals surface area contributed by atoms with Gasteiger partial charge in [0.1, 0.15) is 11.4 Å². The van der Waals surface area contributed by atoms with Gasteiger partial charge in [-0.05, 0) is 46.5 Å². The molecule has 0 saturated carbocycles. The quantitative estimate of drug-likeness (QED) is 0.790. The van der Waals surface area contributed by atoms with E-state index in [0.29, 0.717) is 12.8 Å². The van der Waals surface area contributed by atoms with Gasteiger partial charge in [0.05, 0.1) is 23.9 Å². The van der Waals surface area contributed by atoms with Crippen LogP contribution in [-0.2, 0) is 19.1 Å². The summed E-state index contributed by atoms with van der Waals surface area (Å²) < 4.78 is 11.9. The van der Waals surface area contributed by atoms with Crippen molar-refractivity contribution in [3.63, 3.8) is 0 Å². The number of aliphatic hydroxyl groups excluding tert-OH is 1. The highest BCUT2D eigenvalue weighted by molar-refractivity contribution is 5.76. The van der Waals surface area contributed by atoms with Crippen molar-refractivity contribution in [2.24, 2.45) is 0 Å². The van der Waals surface area contributed by atoms with E-state index in [2.05, 4.69) is 0 Å². The van der Waals surface area contributed by atoms with Gasteiger partial charge < -0.3 is 19.4 Å². The van der Waals surface area contributed by atoms with E-state index in [4.69, 9.17) is 9.47 Å². The van der Waals surface area contributed by atoms with Crippen LogP contribution in [0.2, 0.25) is 0 Å². The van der Waals surface area contributed by atoms with E-state index in [0.717, 1.165) is 19.1 Å². The third-order valence-electron chi connectivity index (χ3n) is 4.54. The van der Waals surface area contributed by atoms with Gasteiger partial charge in [0.25, 0.3) is 0 Å². The normalized spacial score (nSPS) is 42.6. The van der Waals surface area contributed by atoms with Crippen LogP contribution in [0.3, 0.4) is 0 Å². The van der Waals surface area contributed by atoms with Crippen LogP contribution in [0.4, 0.5) is 0 Å². The summed E-state index contributed by atoms with van der Waals surface area (Å²) in [6.07, 6.45) is 2.69. The number of carbonyl (C=O) groups excluding carboxylic acids is 2. The molecule has 0 aromatic carbocycles. The summed E-state index contributed by atoms with van der Waals surface area (Å²) in [6.45, 7) is 5.12. The standard InChI is InChI=1S/C15H24O5/c1-10(17)8-13(18)15(3)7-5-11-12(20-15)4-6-14(2,9-16)19-11/h9,11-13,18H,4-8H2,1-3H3/t11-,12+,13+,14+,15-/m0/s1. The fraction of sp³-hybridized carbons (Fsp3) is 0.867. The molecule has 2 aliphatic heterocycles. The molecule has 2 saturated heterocycles. The first-order chi connectivity index (χ1) is 9.28. The van der Waals surface area contributed by atoms with Crippen LogP contribution in [0.15, 0.2) is 0 Å². The third-order valence-corrected chi connectivity index (χ3v) is 4.54. The minimum Gasteiger partial charge on any atom is -0.390 e. The topological polar surface area (TPSA) is 72.8 Å². The molecule has 0 radical (unpaired) electrons. The Morgan fingerprint density at radius 1 is 1.30 bits per heavy atom. The van der Waals surface area contributed by atoms with Crippen molar-refractivity contribution in [1.82, 2.24) is 0 Å². The SMILES string of the molecule is CC(=O)C[C@@H](O)[C@]1(C)CC[C@@H]2O[C@@](C)(C=O)CC[C@H]2O1. The number of hydrogen-bond acceptors (Lipinski definition) is 5. The van der Waals surface area contributed by atoms with Crippen LogP contribution in [0.25, 0.3) is 0 Å². The number of carbonyl (C=O) groups is 2. The third kappa shape index (κ3) is 3.10. The Labute approximate surface area is 119 Å². The average molecular weight is 284 g/mol. The van der Waals surface area contributed by atoms with Gasteiger partial charge in [0.15, 0.2) is 6.29 Å². The summed E-state index contributed by atoms with van der Waals surface area (Å²) in [5, 5.41) is 10.2. The van der Waals surface area contributed by atoms with Crippen LogP contribution in [0, 0.1) is 0 Å². The Balaban J connectivity index is 2.02. The van der Waals surface area contributed by atoms with E-state index in [1.165, 1.54) is 6.92 Å². The molecule has 0 unspecified atom stereocenters. The molecule has 114 valence electrons. The van der Waals surface area contributed by atoms with Gasteiger partial charge in [-0.3, -0.25) is 4.79 Å². The van der Waals surface area contributed by atoms with Crippen molar-refractivity contribution in [2.75, 3.05) is 0 Å². The number of hydrogen-bond donors (Lipinski definition) is 1. The predicted octanol–water partition coefficient (Wildman–Crippen LogP) is 1.40. The van der Waals surface area contributed by atoms with Crippen LogP contribution in [0.1, 0.15) is 52.9 Å². The summed E-state index contributed by atoms with van der Waals surface area (Å²) in [7, 11) is 0. The molecule has 0 aromatic heterocycles. The molecule has 1 N–H and O–H groups in total. The second-order valence-electron chi connectivity index (χ2n) is 6.56. The van der Waals surface area contributed by atoms with E-state index in [1.807, 2.05) is 6.92 Å². The van der Waals surface area contributed by atoms with Crippen molar-refractivity contribution in [2.45, 2.75) is 82.4 Å². The summed E-state index contributed by atoms with van der Waals surface area (Å²) >= 11 is 0. The fourth-order valence-corrected chi connectivity index (χ4v) is 3.13. The Hall–Kier alpha value is -0.780. The van der Waals surface area contributed by atoms with E-state index < -0.39 is 17.3 Å². The summed E-state index contributed by atoms with van der Waals surface area (Å²) in [5.41, 5.74) is -1.42. The Kier molecular flexibility index (Phi) is 4.33. The average Bonchev–Trinajstić information content (AvgIpc) is 2.38. The largest absolute Gasteiger partial charge is 0.390 e. The zero-order valence-corrected chi connectivity index (χ0v) is 12.4. The van der Waals surface area contributed by atoms with Crippen LogP contribution >= 0.6 is 0 Å². The van der Waals surface area contributed by atoms with Crippen molar-refractivity contribution >= 4 is 12.1 Å². The number of aldehydes is 1. The number of aliphatic hydroxyl groups is 1. The molecule has 5 atom stereocenters. The van der Waals surface area contributed by atoms with Gasteiger partial charge in [0, 0.05) is 6.42 Å². The van der Waals surface area contributed by atoms with Gasteiger partial charge in [-0.15, -0.1) is 0 Å². The maximum absolute atomic E-state index is 11.2. The number of fused-ring (bicyclic) bond motifs is 1. The summed E-state index contributed by atoms with van der Waals surface area (Å²) in [6, 6.07) is 0. The molecule has 2 rings (SSSR count). The highest BCUT2D eigenvalue weighted by Gasteiger charge is 2.48. The molecule has 0 bridgehead atoms. The predicted molar refractivity (Wildman–Crippen MR) is 72.4 cm³/mol. The van der Waals surface area contributed by atoms with Gasteiger partial charge in [0.2, 0.25) is 0 Å². The first kappa shape index (κ1) is 15.6. The maximum Gasteiger partial charge on any atom is 0.151 e. The van der Waals surface area contributed by atoms with Crippen molar-refractivity contribution in [3.8, 4) is 0 Å². The zero-order chi connectivity index (χ0) is 15.0. The van der Waals surface area contributed by atoms with Crippen molar-refractivity contribution in [1.29, 1.82) is 0 Å². The van der Waals surface area contributed by atoms with Gasteiger partial charge >= 0.3 is 0 Å². The number of Topliss-reactive ketones (excluding diaryl/α,β-unsaturated/α-hetero) is 1. The molecule has 0 aliphatic carbocycles. The lowest BCUT2D eigenvalue weighted by atomic mass is 9.81. The van der Waals surface area contributed by atoms with E-state index in [9.17, 15) is 14.7 Å². The van der Waals surface area contributed by atoms with Crippen LogP contribution in [-0.4, -0.2) is 46.7 Å². The minimum absolute atomic E-state index is 0.0436. The first-order valence-electron chi connectivity index (χ1n) is 7.27. The Morgan fingerprint density at radius 2 is 1.90 bits per heavy atom. The van der Waals surface area contributed by atoms with Crippen molar-refractivity contribution < 1.29 is 24.2 Å². The Bertz CT molecular complexity index is 396. The second-order valence-corrected chi connectivity index (χ2v) is 6.56. The molecular weight excluding hydrogens is 260 g/mol. The monoisotopic (exact) mass is 284 g/mol. The van der Waals surface area contributed by atoms with E-state index in [-0.39, 0.29) is 24.4 Å². The minimum atomic E-state index is -0.791. The Morgan fingerprint density at radius 3 is 2.50 bits per heavy atom. The highest BCUT2D eigenvalue weighted by Crippen LogP contribution is 2.40. The smallest absolute Gasteiger partial charge is 0.151 e. The fourth-order valence-electron chi connectivity index (χ4n) is 3.13. The summed E-state index contributed by atoms with van der Waals surface area (Å²) in [5.74, 6) is -0.0436. The van der Waals surface area contributed by atoms with E-state index in [1.54, 1.807) is 6.92 Å². The molecule has 0 amide bonds. The molecule has 2 aliphatic rings. The highest BCUT2D eigenvalue weighted by atomic mass is 16.6. The van der Waals surface area contributed by atoms with Gasteiger partial charge in [-0.2, -0.15) is 0 Å². The summed E-state index contributed by atoms with van der Waals surface area (Å²) in [4.78, 5) is 22.2. The molecule has 0 spiro atoms. The maximum atomic E-state index is 11.2. The second kappa shape index (κ2) is 5.54.